The van der Waals surface area contributed by atoms with Crippen molar-refractivity contribution in [3.8, 4) is 5.75 Å². The maximum Gasteiger partial charge on any atom is 0.343 e. The summed E-state index contributed by atoms with van der Waals surface area (Å²) >= 11 is 0. The summed E-state index contributed by atoms with van der Waals surface area (Å²) in [6.45, 7) is 4.07. The van der Waals surface area contributed by atoms with E-state index < -0.39 is 21.1 Å². The molecule has 0 saturated heterocycles. The second-order valence-electron chi connectivity index (χ2n) is 12.9. The molecule has 39 heavy (non-hydrogen) atoms. The molecule has 3 atom stereocenters. The van der Waals surface area contributed by atoms with Gasteiger partial charge < -0.3 is 9.52 Å². The molecule has 6 rings (SSSR count). The van der Waals surface area contributed by atoms with Gasteiger partial charge in [0.15, 0.2) is 0 Å². The molecular weight excluding hydrogens is 514 g/mol. The number of ketones is 1. The van der Waals surface area contributed by atoms with Crippen molar-refractivity contribution in [1.82, 2.24) is 0 Å². The molecule has 0 spiro atoms. The average Bonchev–Trinajstić information content (AvgIpc) is 3.63. The molecule has 0 radical (unpaired) electrons. The van der Waals surface area contributed by atoms with Gasteiger partial charge in [0.2, 0.25) is 10.0 Å². The molecule has 1 heterocycles. The first-order valence-electron chi connectivity index (χ1n) is 14.5. The van der Waals surface area contributed by atoms with E-state index in [1.54, 1.807) is 18.2 Å². The van der Waals surface area contributed by atoms with Crippen LogP contribution in [-0.4, -0.2) is 25.1 Å². The maximum absolute atomic E-state index is 13.4. The second-order valence-corrected chi connectivity index (χ2v) is 14.7. The van der Waals surface area contributed by atoms with Gasteiger partial charge in [-0.2, -0.15) is 0 Å². The minimum absolute atomic E-state index is 0.0582. The van der Waals surface area contributed by atoms with Crippen LogP contribution in [0.2, 0.25) is 0 Å². The summed E-state index contributed by atoms with van der Waals surface area (Å²) in [5, 5.41) is 11.4. The molecule has 210 valence electrons. The number of Topliss-reactive ketones (excluding diaryl/α,β-unsaturated/α-hetero) is 1. The van der Waals surface area contributed by atoms with Crippen LogP contribution in [-0.2, 0) is 27.7 Å². The predicted molar refractivity (Wildman–Crippen MR) is 149 cm³/mol. The van der Waals surface area contributed by atoms with Crippen LogP contribution in [0.25, 0.3) is 0 Å². The highest BCUT2D eigenvalue weighted by atomic mass is 32.2. The molecule has 3 fully saturated rings. The molecule has 0 amide bonds. The number of fused-ring (bicyclic) bond motifs is 3. The van der Waals surface area contributed by atoms with Gasteiger partial charge in [0.05, 0.1) is 16.7 Å². The predicted octanol–water partition coefficient (Wildman–Crippen LogP) is 5.68. The number of anilines is 1. The lowest BCUT2D eigenvalue weighted by molar-refractivity contribution is -0.128. The summed E-state index contributed by atoms with van der Waals surface area (Å²) in [5.41, 5.74) is 0.559. The Morgan fingerprint density at radius 2 is 1.82 bits per heavy atom. The topological polar surface area (TPSA) is 114 Å². The van der Waals surface area contributed by atoms with Crippen molar-refractivity contribution in [2.24, 2.45) is 22.7 Å². The lowest BCUT2D eigenvalue weighted by atomic mass is 9.70. The number of hydrogen-bond acceptors (Lipinski definition) is 6. The zero-order valence-corrected chi connectivity index (χ0v) is 23.7. The van der Waals surface area contributed by atoms with Gasteiger partial charge in [-0.25, -0.2) is 13.2 Å². The Balaban J connectivity index is 1.31. The van der Waals surface area contributed by atoms with Crippen LogP contribution in [0.3, 0.4) is 0 Å². The van der Waals surface area contributed by atoms with E-state index in [0.29, 0.717) is 42.7 Å². The van der Waals surface area contributed by atoms with E-state index in [1.807, 2.05) is 19.9 Å². The summed E-state index contributed by atoms with van der Waals surface area (Å²) in [7, 11) is -3.81. The van der Waals surface area contributed by atoms with E-state index in [2.05, 4.69) is 4.72 Å². The molecule has 8 heteroatoms. The van der Waals surface area contributed by atoms with Gasteiger partial charge in [-0.05, 0) is 79.9 Å². The van der Waals surface area contributed by atoms with Crippen LogP contribution in [0.1, 0.15) is 100 Å². The monoisotopic (exact) mass is 553 g/mol. The highest BCUT2D eigenvalue weighted by molar-refractivity contribution is 7.92. The minimum atomic E-state index is -3.81. The molecule has 3 saturated carbocycles. The number of aromatic hydroxyl groups is 1. The molecule has 2 bridgehead atoms. The Morgan fingerprint density at radius 3 is 2.49 bits per heavy atom. The van der Waals surface area contributed by atoms with E-state index in [9.17, 15) is 23.1 Å². The first-order chi connectivity index (χ1) is 18.5. The number of sulfonamides is 1. The smallest absolute Gasteiger partial charge is 0.343 e. The van der Waals surface area contributed by atoms with Crippen molar-refractivity contribution in [3.63, 3.8) is 0 Å². The average molecular weight is 554 g/mol. The van der Waals surface area contributed by atoms with E-state index >= 15 is 0 Å². The normalized spacial score (nSPS) is 27.0. The molecule has 2 aromatic rings. The van der Waals surface area contributed by atoms with Crippen molar-refractivity contribution in [2.75, 3.05) is 10.5 Å². The Bertz CT molecular complexity index is 1470. The third-order valence-corrected chi connectivity index (χ3v) is 11.8. The lowest BCUT2D eigenvalue weighted by Gasteiger charge is -2.36. The SMILES string of the molecule is CC1(C)C2CCC1(CS(=O)(=O)Nc1cccc(C(c3c(O)c4c(oc3=O)CCCCCC4)C3CC3)c1)C(=O)C2. The minimum Gasteiger partial charge on any atom is -0.507 e. The van der Waals surface area contributed by atoms with Crippen molar-refractivity contribution >= 4 is 21.5 Å². The number of hydrogen-bond donors (Lipinski definition) is 2. The lowest BCUT2D eigenvalue weighted by Crippen LogP contribution is -2.43. The number of nitrogens with one attached hydrogen (secondary N) is 1. The Hall–Kier alpha value is -2.61. The first kappa shape index (κ1) is 26.6. The van der Waals surface area contributed by atoms with Gasteiger partial charge >= 0.3 is 5.63 Å². The molecule has 4 aliphatic rings. The van der Waals surface area contributed by atoms with Crippen molar-refractivity contribution in [1.29, 1.82) is 0 Å². The Kier molecular flexibility index (Phi) is 6.48. The van der Waals surface area contributed by atoms with E-state index in [0.717, 1.165) is 56.1 Å². The van der Waals surface area contributed by atoms with Crippen molar-refractivity contribution in [2.45, 2.75) is 90.4 Å². The van der Waals surface area contributed by atoms with Gasteiger partial charge in [-0.15, -0.1) is 0 Å². The third kappa shape index (κ3) is 4.52. The van der Waals surface area contributed by atoms with Crippen LogP contribution in [0, 0.1) is 22.7 Å². The molecule has 2 N–H and O–H groups in total. The zero-order chi connectivity index (χ0) is 27.6. The van der Waals surface area contributed by atoms with Crippen LogP contribution in [0.5, 0.6) is 5.75 Å². The number of carbonyl (C=O) groups is 1. The largest absolute Gasteiger partial charge is 0.507 e. The fourth-order valence-corrected chi connectivity index (χ4v) is 9.73. The molecular formula is C31H39NO6S. The molecule has 3 unspecified atom stereocenters. The van der Waals surface area contributed by atoms with Gasteiger partial charge in [0.25, 0.3) is 0 Å². The Labute approximate surface area is 230 Å². The fraction of sp³-hybridized carbons (Fsp3) is 0.613. The van der Waals surface area contributed by atoms with E-state index in [1.165, 1.54) is 0 Å². The van der Waals surface area contributed by atoms with Crippen LogP contribution < -0.4 is 10.3 Å². The quantitative estimate of drug-likeness (QED) is 0.456. The van der Waals surface area contributed by atoms with Gasteiger partial charge in [-0.1, -0.05) is 38.8 Å². The maximum atomic E-state index is 13.4. The number of carbonyl (C=O) groups excluding carboxylic acids is 1. The summed E-state index contributed by atoms with van der Waals surface area (Å²) in [6, 6.07) is 7.14. The van der Waals surface area contributed by atoms with E-state index in [4.69, 9.17) is 4.42 Å². The number of rotatable bonds is 7. The standard InChI is InChI=1S/C31H39NO6S/c1-30(2)21-14-15-31(30,25(33)17-21)18-39(36,37)32-22-9-7-8-20(16-22)26(19-12-13-19)27-28(34)23-10-5-3-4-6-11-24(23)38-29(27)35/h7-9,16,19,21,26,32,34H,3-6,10-15,17-18H2,1-2H3. The van der Waals surface area contributed by atoms with Crippen LogP contribution in [0.15, 0.2) is 33.5 Å². The molecule has 4 aliphatic carbocycles. The highest BCUT2D eigenvalue weighted by Crippen LogP contribution is 2.64. The summed E-state index contributed by atoms with van der Waals surface area (Å²) in [4.78, 5) is 26.2. The van der Waals surface area contributed by atoms with Crippen molar-refractivity contribution in [3.05, 3.63) is 57.1 Å². The fourth-order valence-electron chi connectivity index (χ4n) is 7.84. The third-order valence-electron chi connectivity index (χ3n) is 10.4. The highest BCUT2D eigenvalue weighted by Gasteiger charge is 2.65. The summed E-state index contributed by atoms with van der Waals surface area (Å²) < 4.78 is 35.4. The molecule has 1 aromatic heterocycles. The molecule has 0 aliphatic heterocycles. The molecule has 1 aromatic carbocycles. The zero-order valence-electron chi connectivity index (χ0n) is 22.9. The van der Waals surface area contributed by atoms with Crippen molar-refractivity contribution < 1.29 is 22.7 Å². The summed E-state index contributed by atoms with van der Waals surface area (Å²) in [6.07, 6.45) is 9.23. The van der Waals surface area contributed by atoms with E-state index in [-0.39, 0.29) is 40.5 Å². The summed E-state index contributed by atoms with van der Waals surface area (Å²) in [5.74, 6) is 0.575. The van der Waals surface area contributed by atoms with Gasteiger partial charge in [0, 0.05) is 30.0 Å². The second kappa shape index (κ2) is 9.50. The van der Waals surface area contributed by atoms with Gasteiger partial charge in [0.1, 0.15) is 17.3 Å². The number of benzene rings is 1. The van der Waals surface area contributed by atoms with Crippen LogP contribution >= 0.6 is 0 Å². The molecule has 7 nitrogen and oxygen atoms in total. The Morgan fingerprint density at radius 1 is 1.08 bits per heavy atom. The van der Waals surface area contributed by atoms with Crippen LogP contribution in [0.4, 0.5) is 5.69 Å². The first-order valence-corrected chi connectivity index (χ1v) is 16.2. The van der Waals surface area contributed by atoms with Gasteiger partial charge in [-0.3, -0.25) is 9.52 Å². The number of aryl methyl sites for hydroxylation is 1.